The first-order valence-corrected chi connectivity index (χ1v) is 13.7. The average Bonchev–Trinajstić information content (AvgIpc) is 3.25. The number of fused-ring (bicyclic) bond motifs is 5. The maximum Gasteiger partial charge on any atom is 0.163 e. The Morgan fingerprint density at radius 2 is 1.81 bits per heavy atom. The molecule has 2 saturated heterocycles. The molecule has 2 bridgehead atoms. The first-order chi connectivity index (χ1) is 17.1. The minimum absolute atomic E-state index is 0.0594. The van der Waals surface area contributed by atoms with E-state index in [9.17, 15) is 5.11 Å². The number of ether oxygens (including phenoxy) is 5. The zero-order valence-electron chi connectivity index (χ0n) is 22.4. The van der Waals surface area contributed by atoms with Gasteiger partial charge in [-0.3, -0.25) is 0 Å². The van der Waals surface area contributed by atoms with Gasteiger partial charge in [-0.2, -0.15) is 0 Å². The number of aliphatic hydroxyl groups is 1. The molecule has 4 fully saturated rings. The summed E-state index contributed by atoms with van der Waals surface area (Å²) >= 11 is 0. The van der Waals surface area contributed by atoms with E-state index in [1.54, 1.807) is 0 Å². The van der Waals surface area contributed by atoms with Crippen LogP contribution in [0.1, 0.15) is 65.9 Å². The molecule has 0 unspecified atom stereocenters. The van der Waals surface area contributed by atoms with Crippen LogP contribution in [0.25, 0.3) is 0 Å². The largest absolute Gasteiger partial charge is 0.386 e. The Kier molecular flexibility index (Phi) is 5.99. The van der Waals surface area contributed by atoms with E-state index >= 15 is 0 Å². The van der Waals surface area contributed by atoms with Crippen LogP contribution < -0.4 is 0 Å². The topological polar surface area (TPSA) is 66.4 Å². The van der Waals surface area contributed by atoms with Gasteiger partial charge >= 0.3 is 0 Å². The van der Waals surface area contributed by atoms with E-state index in [0.717, 1.165) is 36.8 Å². The second kappa shape index (κ2) is 8.62. The summed E-state index contributed by atoms with van der Waals surface area (Å²) < 4.78 is 32.7. The molecular formula is C30H42O6. The molecule has 1 aromatic rings. The van der Waals surface area contributed by atoms with Gasteiger partial charge in [0.1, 0.15) is 18.5 Å². The van der Waals surface area contributed by atoms with Gasteiger partial charge in [0, 0.05) is 22.7 Å². The van der Waals surface area contributed by atoms with Crippen molar-refractivity contribution in [3.05, 3.63) is 47.5 Å². The Bertz CT molecular complexity index is 1000. The molecule has 3 aliphatic carbocycles. The summed E-state index contributed by atoms with van der Waals surface area (Å²) in [5, 5.41) is 12.1. The van der Waals surface area contributed by atoms with Gasteiger partial charge in [-0.15, -0.1) is 0 Å². The summed E-state index contributed by atoms with van der Waals surface area (Å²) in [7, 11) is 0. The molecule has 0 aromatic heterocycles. The van der Waals surface area contributed by atoms with Crippen LogP contribution in [-0.4, -0.2) is 54.3 Å². The van der Waals surface area contributed by atoms with Crippen LogP contribution in [0.5, 0.6) is 0 Å². The number of rotatable bonds is 3. The summed E-state index contributed by atoms with van der Waals surface area (Å²) in [6, 6.07) is 10.3. The summed E-state index contributed by atoms with van der Waals surface area (Å²) in [4.78, 5) is 0. The summed E-state index contributed by atoms with van der Waals surface area (Å²) in [6.45, 7) is 12.1. The number of allylic oxidation sites excluding steroid dienone is 1. The monoisotopic (exact) mass is 498 g/mol. The lowest BCUT2D eigenvalue weighted by Crippen LogP contribution is -2.70. The Morgan fingerprint density at radius 3 is 2.58 bits per heavy atom. The SMILES string of the molecule is CC1(C)OC[C@@H]2[C@H]3[C@@H]4OCO[C@]45CCC=C([C@@H](O)[C@H](OCc4ccccc4)[C@]3(C)CC[C@@H]2O1)C5(C)C. The average molecular weight is 499 g/mol. The van der Waals surface area contributed by atoms with Gasteiger partial charge < -0.3 is 28.8 Å². The van der Waals surface area contributed by atoms with E-state index in [1.165, 1.54) is 0 Å². The second-order valence-electron chi connectivity index (χ2n) is 12.8. The van der Waals surface area contributed by atoms with Crippen molar-refractivity contribution in [2.45, 2.75) is 103 Å². The standard InChI is InChI=1S/C30H42O6/c1-27(2)21-12-9-14-30(27)25(33-18-35-30)23-20-17-34-28(3,4)36-22(20)13-15-29(23,5)26(24(21)31)32-16-19-10-7-6-8-11-19/h6-8,10-12,20,22-26,31H,9,13-18H2,1-5H3/t20-,22-,23-,24+,25-,26-,29+,30+/m0/s1. The fraction of sp³-hybridized carbons (Fsp3) is 0.733. The molecule has 5 aliphatic rings. The maximum atomic E-state index is 12.1. The number of hydrogen-bond donors (Lipinski definition) is 1. The first-order valence-electron chi connectivity index (χ1n) is 13.7. The second-order valence-corrected chi connectivity index (χ2v) is 12.8. The van der Waals surface area contributed by atoms with E-state index in [4.69, 9.17) is 23.7 Å². The van der Waals surface area contributed by atoms with E-state index < -0.39 is 22.9 Å². The van der Waals surface area contributed by atoms with E-state index in [-0.39, 0.29) is 42.4 Å². The van der Waals surface area contributed by atoms with Crippen molar-refractivity contribution in [1.29, 1.82) is 0 Å². The fourth-order valence-corrected chi connectivity index (χ4v) is 8.39. The predicted molar refractivity (Wildman–Crippen MR) is 135 cm³/mol. The van der Waals surface area contributed by atoms with Crippen molar-refractivity contribution in [3.63, 3.8) is 0 Å². The van der Waals surface area contributed by atoms with Gasteiger partial charge in [-0.25, -0.2) is 0 Å². The zero-order valence-corrected chi connectivity index (χ0v) is 22.4. The van der Waals surface area contributed by atoms with Gasteiger partial charge in [0.15, 0.2) is 5.79 Å². The lowest BCUT2D eigenvalue weighted by Gasteiger charge is -2.63. The van der Waals surface area contributed by atoms with Gasteiger partial charge in [-0.1, -0.05) is 57.2 Å². The number of aliphatic hydroxyl groups excluding tert-OH is 1. The molecule has 1 spiro atoms. The van der Waals surface area contributed by atoms with Crippen molar-refractivity contribution in [2.75, 3.05) is 13.4 Å². The quantitative estimate of drug-likeness (QED) is 0.593. The third-order valence-electron chi connectivity index (χ3n) is 10.3. The lowest BCUT2D eigenvalue weighted by atomic mass is 9.47. The number of benzene rings is 1. The Labute approximate surface area is 215 Å². The highest BCUT2D eigenvalue weighted by Crippen LogP contribution is 2.64. The molecule has 1 aromatic carbocycles. The van der Waals surface area contributed by atoms with Crippen molar-refractivity contribution >= 4 is 0 Å². The highest BCUT2D eigenvalue weighted by molar-refractivity contribution is 5.33. The van der Waals surface area contributed by atoms with E-state index in [0.29, 0.717) is 13.2 Å². The normalized spacial score (nSPS) is 44.9. The molecule has 8 atom stereocenters. The minimum atomic E-state index is -0.725. The van der Waals surface area contributed by atoms with Crippen LogP contribution >= 0.6 is 0 Å². The highest BCUT2D eigenvalue weighted by atomic mass is 16.7. The van der Waals surface area contributed by atoms with E-state index in [2.05, 4.69) is 39.0 Å². The fourth-order valence-electron chi connectivity index (χ4n) is 8.39. The summed E-state index contributed by atoms with van der Waals surface area (Å²) in [5.41, 5.74) is 0.896. The third-order valence-corrected chi connectivity index (χ3v) is 10.3. The molecule has 0 amide bonds. The van der Waals surface area contributed by atoms with E-state index in [1.807, 2.05) is 32.0 Å². The van der Waals surface area contributed by atoms with Gasteiger partial charge in [0.2, 0.25) is 0 Å². The lowest BCUT2D eigenvalue weighted by molar-refractivity contribution is -0.329. The minimum Gasteiger partial charge on any atom is -0.386 e. The van der Waals surface area contributed by atoms with Gasteiger partial charge in [0.05, 0.1) is 31.5 Å². The zero-order chi connectivity index (χ0) is 25.3. The molecule has 198 valence electrons. The molecule has 2 saturated carbocycles. The highest BCUT2D eigenvalue weighted by Gasteiger charge is 2.70. The molecule has 6 nitrogen and oxygen atoms in total. The first kappa shape index (κ1) is 25.0. The van der Waals surface area contributed by atoms with Crippen molar-refractivity contribution in [2.24, 2.45) is 22.7 Å². The molecular weight excluding hydrogens is 456 g/mol. The van der Waals surface area contributed by atoms with Crippen molar-refractivity contribution in [1.82, 2.24) is 0 Å². The van der Waals surface area contributed by atoms with Crippen molar-refractivity contribution in [3.8, 4) is 0 Å². The Balaban J connectivity index is 1.46. The molecule has 36 heavy (non-hydrogen) atoms. The van der Waals surface area contributed by atoms with Crippen molar-refractivity contribution < 1.29 is 28.8 Å². The van der Waals surface area contributed by atoms with Crippen LogP contribution in [0.4, 0.5) is 0 Å². The predicted octanol–water partition coefficient (Wildman–Crippen LogP) is 4.99. The van der Waals surface area contributed by atoms with Crippen LogP contribution in [0.15, 0.2) is 42.0 Å². The Hall–Kier alpha value is -1.28. The van der Waals surface area contributed by atoms with Gasteiger partial charge in [-0.05, 0) is 50.7 Å². The van der Waals surface area contributed by atoms with Crippen LogP contribution in [0.2, 0.25) is 0 Å². The summed E-state index contributed by atoms with van der Waals surface area (Å²) in [5.74, 6) is -0.396. The molecule has 6 rings (SSSR count). The molecule has 0 radical (unpaired) electrons. The molecule has 2 heterocycles. The third kappa shape index (κ3) is 3.59. The van der Waals surface area contributed by atoms with Gasteiger partial charge in [0.25, 0.3) is 0 Å². The molecule has 2 aliphatic heterocycles. The maximum absolute atomic E-state index is 12.1. The van der Waals surface area contributed by atoms with Crippen LogP contribution in [0, 0.1) is 22.7 Å². The van der Waals surface area contributed by atoms with Crippen LogP contribution in [-0.2, 0) is 30.3 Å². The number of hydrogen-bond acceptors (Lipinski definition) is 6. The smallest absolute Gasteiger partial charge is 0.163 e. The van der Waals surface area contributed by atoms with Crippen LogP contribution in [0.3, 0.4) is 0 Å². The summed E-state index contributed by atoms with van der Waals surface area (Å²) in [6.07, 6.45) is 4.62. The Morgan fingerprint density at radius 1 is 1.03 bits per heavy atom. The molecule has 6 heteroatoms. The molecule has 1 N–H and O–H groups in total.